The standard InChI is InChI=1S/C9H14N2O2S/c1-7(9(12)13)14-4-3-8-5-10-11(2)6-8/h5-7H,3-4H2,1-2H3,(H,12,13). The first-order valence-electron chi connectivity index (χ1n) is 4.41. The Kier molecular flexibility index (Phi) is 4.00. The maximum Gasteiger partial charge on any atom is 0.316 e. The summed E-state index contributed by atoms with van der Waals surface area (Å²) < 4.78 is 1.75. The van der Waals surface area contributed by atoms with Crippen molar-refractivity contribution in [3.8, 4) is 0 Å². The summed E-state index contributed by atoms with van der Waals surface area (Å²) >= 11 is 1.45. The number of carboxylic acid groups (broad SMARTS) is 1. The van der Waals surface area contributed by atoms with Crippen LogP contribution in [0.15, 0.2) is 12.4 Å². The maximum atomic E-state index is 10.5. The smallest absolute Gasteiger partial charge is 0.316 e. The highest BCUT2D eigenvalue weighted by Crippen LogP contribution is 2.12. The Morgan fingerprint density at radius 2 is 2.50 bits per heavy atom. The number of carbonyl (C=O) groups is 1. The van der Waals surface area contributed by atoms with Gasteiger partial charge in [0.25, 0.3) is 0 Å². The number of aryl methyl sites for hydroxylation is 2. The first-order valence-corrected chi connectivity index (χ1v) is 5.46. The average molecular weight is 214 g/mol. The van der Waals surface area contributed by atoms with Crippen LogP contribution >= 0.6 is 11.8 Å². The second-order valence-corrected chi connectivity index (χ2v) is 4.57. The van der Waals surface area contributed by atoms with Gasteiger partial charge in [0.2, 0.25) is 0 Å². The number of hydrogen-bond donors (Lipinski definition) is 1. The summed E-state index contributed by atoms with van der Waals surface area (Å²) in [6.45, 7) is 1.70. The Labute approximate surface area is 87.3 Å². The molecule has 1 atom stereocenters. The molecule has 1 aromatic heterocycles. The quantitative estimate of drug-likeness (QED) is 0.799. The third-order valence-electron chi connectivity index (χ3n) is 1.86. The second kappa shape index (κ2) is 5.05. The Balaban J connectivity index is 2.25. The molecule has 0 amide bonds. The van der Waals surface area contributed by atoms with Crippen molar-refractivity contribution in [2.24, 2.45) is 7.05 Å². The molecular formula is C9H14N2O2S. The van der Waals surface area contributed by atoms with Gasteiger partial charge >= 0.3 is 5.97 Å². The van der Waals surface area contributed by atoms with E-state index in [0.29, 0.717) is 0 Å². The van der Waals surface area contributed by atoms with E-state index in [9.17, 15) is 4.79 Å². The number of thioether (sulfide) groups is 1. The number of aromatic nitrogens is 2. The molecule has 0 radical (unpaired) electrons. The molecule has 0 spiro atoms. The lowest BCUT2D eigenvalue weighted by atomic mass is 10.3. The zero-order chi connectivity index (χ0) is 10.6. The first kappa shape index (κ1) is 11.1. The normalized spacial score (nSPS) is 12.7. The minimum atomic E-state index is -0.749. The predicted molar refractivity (Wildman–Crippen MR) is 56.5 cm³/mol. The number of nitrogens with zero attached hydrogens (tertiary/aromatic N) is 2. The third kappa shape index (κ3) is 3.41. The lowest BCUT2D eigenvalue weighted by molar-refractivity contribution is -0.136. The summed E-state index contributed by atoms with van der Waals surface area (Å²) in [7, 11) is 1.87. The molecule has 1 rings (SSSR count). The monoisotopic (exact) mass is 214 g/mol. The largest absolute Gasteiger partial charge is 0.480 e. The average Bonchev–Trinajstić information content (AvgIpc) is 2.51. The van der Waals surface area contributed by atoms with Crippen LogP contribution in [0.4, 0.5) is 0 Å². The summed E-state index contributed by atoms with van der Waals surface area (Å²) in [6, 6.07) is 0. The molecular weight excluding hydrogens is 200 g/mol. The van der Waals surface area contributed by atoms with Gasteiger partial charge in [0.15, 0.2) is 0 Å². The fourth-order valence-electron chi connectivity index (χ4n) is 1.03. The highest BCUT2D eigenvalue weighted by atomic mass is 32.2. The van der Waals surface area contributed by atoms with Gasteiger partial charge in [0, 0.05) is 13.2 Å². The summed E-state index contributed by atoms with van der Waals surface area (Å²) in [5.41, 5.74) is 1.15. The number of rotatable bonds is 5. The van der Waals surface area contributed by atoms with Crippen molar-refractivity contribution in [2.45, 2.75) is 18.6 Å². The fraction of sp³-hybridized carbons (Fsp3) is 0.556. The van der Waals surface area contributed by atoms with E-state index >= 15 is 0 Å². The van der Waals surface area contributed by atoms with Crippen molar-refractivity contribution in [2.75, 3.05) is 5.75 Å². The van der Waals surface area contributed by atoms with Crippen LogP contribution in [0.25, 0.3) is 0 Å². The molecule has 0 aliphatic carbocycles. The van der Waals surface area contributed by atoms with E-state index in [-0.39, 0.29) is 5.25 Å². The second-order valence-electron chi connectivity index (χ2n) is 3.12. The van der Waals surface area contributed by atoms with E-state index in [1.165, 1.54) is 11.8 Å². The van der Waals surface area contributed by atoms with Gasteiger partial charge in [-0.3, -0.25) is 9.48 Å². The molecule has 0 bridgehead atoms. The van der Waals surface area contributed by atoms with E-state index < -0.39 is 5.97 Å². The van der Waals surface area contributed by atoms with Crippen molar-refractivity contribution in [3.05, 3.63) is 18.0 Å². The van der Waals surface area contributed by atoms with Gasteiger partial charge in [-0.2, -0.15) is 5.10 Å². The molecule has 1 heterocycles. The molecule has 1 aromatic rings. The number of aliphatic carboxylic acids is 1. The SMILES string of the molecule is CC(SCCc1cnn(C)c1)C(=O)O. The zero-order valence-electron chi connectivity index (χ0n) is 8.30. The van der Waals surface area contributed by atoms with E-state index in [1.54, 1.807) is 11.6 Å². The Hall–Kier alpha value is -0.970. The molecule has 78 valence electrons. The van der Waals surface area contributed by atoms with Gasteiger partial charge < -0.3 is 5.11 Å². The van der Waals surface area contributed by atoms with Gasteiger partial charge in [-0.15, -0.1) is 11.8 Å². The number of hydrogen-bond acceptors (Lipinski definition) is 3. The highest BCUT2D eigenvalue weighted by Gasteiger charge is 2.10. The van der Waals surface area contributed by atoms with Crippen LogP contribution in [0, 0.1) is 0 Å². The molecule has 0 aliphatic heterocycles. The van der Waals surface area contributed by atoms with Crippen LogP contribution in [0.1, 0.15) is 12.5 Å². The molecule has 0 fully saturated rings. The molecule has 0 saturated heterocycles. The predicted octanol–water partition coefficient (Wildman–Crippen LogP) is 1.17. The fourth-order valence-corrected chi connectivity index (χ4v) is 1.88. The Bertz CT molecular complexity index is 312. The molecule has 1 N–H and O–H groups in total. The van der Waals surface area contributed by atoms with Crippen molar-refractivity contribution in [1.82, 2.24) is 9.78 Å². The lowest BCUT2D eigenvalue weighted by Crippen LogP contribution is -2.12. The Morgan fingerprint density at radius 1 is 1.79 bits per heavy atom. The van der Waals surface area contributed by atoms with Gasteiger partial charge in [-0.25, -0.2) is 0 Å². The van der Waals surface area contributed by atoms with E-state index in [0.717, 1.165) is 17.7 Å². The number of carboxylic acids is 1. The van der Waals surface area contributed by atoms with Gasteiger partial charge in [0.1, 0.15) is 0 Å². The van der Waals surface area contributed by atoms with Crippen LogP contribution in [0.5, 0.6) is 0 Å². The van der Waals surface area contributed by atoms with Crippen molar-refractivity contribution in [1.29, 1.82) is 0 Å². The molecule has 0 aliphatic rings. The van der Waals surface area contributed by atoms with Crippen molar-refractivity contribution >= 4 is 17.7 Å². The molecule has 4 nitrogen and oxygen atoms in total. The topological polar surface area (TPSA) is 55.1 Å². The molecule has 14 heavy (non-hydrogen) atoms. The van der Waals surface area contributed by atoms with Crippen molar-refractivity contribution in [3.63, 3.8) is 0 Å². The third-order valence-corrected chi connectivity index (χ3v) is 3.01. The minimum absolute atomic E-state index is 0.327. The van der Waals surface area contributed by atoms with Gasteiger partial charge in [0.05, 0.1) is 11.4 Å². The van der Waals surface area contributed by atoms with Crippen LogP contribution in [-0.2, 0) is 18.3 Å². The van der Waals surface area contributed by atoms with E-state index in [4.69, 9.17) is 5.11 Å². The van der Waals surface area contributed by atoms with Crippen LogP contribution in [0.3, 0.4) is 0 Å². The van der Waals surface area contributed by atoms with E-state index in [1.807, 2.05) is 19.4 Å². The zero-order valence-corrected chi connectivity index (χ0v) is 9.12. The first-order chi connectivity index (χ1) is 6.59. The molecule has 0 saturated carbocycles. The maximum absolute atomic E-state index is 10.5. The highest BCUT2D eigenvalue weighted by molar-refractivity contribution is 8.00. The van der Waals surface area contributed by atoms with Crippen LogP contribution in [0.2, 0.25) is 0 Å². The van der Waals surface area contributed by atoms with E-state index in [2.05, 4.69) is 5.10 Å². The van der Waals surface area contributed by atoms with Gasteiger partial charge in [-0.1, -0.05) is 0 Å². The summed E-state index contributed by atoms with van der Waals surface area (Å²) in [5, 5.41) is 12.4. The Morgan fingerprint density at radius 3 is 3.00 bits per heavy atom. The summed E-state index contributed by atoms with van der Waals surface area (Å²) in [6.07, 6.45) is 4.63. The summed E-state index contributed by atoms with van der Waals surface area (Å²) in [5.74, 6) is 0.0697. The summed E-state index contributed by atoms with van der Waals surface area (Å²) in [4.78, 5) is 10.5. The lowest BCUT2D eigenvalue weighted by Gasteiger charge is -2.03. The van der Waals surface area contributed by atoms with Crippen LogP contribution in [-0.4, -0.2) is 31.9 Å². The van der Waals surface area contributed by atoms with Gasteiger partial charge in [-0.05, 0) is 24.7 Å². The van der Waals surface area contributed by atoms with Crippen LogP contribution < -0.4 is 0 Å². The van der Waals surface area contributed by atoms with Crippen molar-refractivity contribution < 1.29 is 9.90 Å². The molecule has 5 heteroatoms. The minimum Gasteiger partial charge on any atom is -0.480 e. The molecule has 0 aromatic carbocycles. The molecule has 1 unspecified atom stereocenters.